The molecule has 1 saturated carbocycles. The highest BCUT2D eigenvalue weighted by Crippen LogP contribution is 2.27. The zero-order valence-corrected chi connectivity index (χ0v) is 9.33. The molecular formula is C12H20N2O. The molecule has 3 nitrogen and oxygen atoms in total. The molecule has 3 heteroatoms. The second-order valence-electron chi connectivity index (χ2n) is 4.36. The average Bonchev–Trinajstić information content (AvgIpc) is 2.70. The van der Waals surface area contributed by atoms with E-state index in [0.29, 0.717) is 12.3 Å². The molecule has 3 N–H and O–H groups in total. The van der Waals surface area contributed by atoms with Crippen LogP contribution in [0.25, 0.3) is 0 Å². The third-order valence-corrected chi connectivity index (χ3v) is 3.15. The number of carbonyl (C=O) groups excluding carboxylic acids is 1. The highest BCUT2D eigenvalue weighted by atomic mass is 16.2. The van der Waals surface area contributed by atoms with Crippen LogP contribution in [0, 0.1) is 18.3 Å². The van der Waals surface area contributed by atoms with Gasteiger partial charge in [-0.05, 0) is 25.7 Å². The van der Waals surface area contributed by atoms with E-state index in [4.69, 9.17) is 12.2 Å². The Bertz CT molecular complexity index is 251. The van der Waals surface area contributed by atoms with E-state index < -0.39 is 6.04 Å². The van der Waals surface area contributed by atoms with Crippen LogP contribution in [0.5, 0.6) is 0 Å². The largest absolute Gasteiger partial charge is 0.352 e. The Morgan fingerprint density at radius 2 is 2.20 bits per heavy atom. The van der Waals surface area contributed by atoms with Gasteiger partial charge < -0.3 is 11.1 Å². The highest BCUT2D eigenvalue weighted by Gasteiger charge is 2.24. The molecule has 0 saturated heterocycles. The van der Waals surface area contributed by atoms with E-state index in [2.05, 4.69) is 18.2 Å². The Morgan fingerprint density at radius 1 is 1.60 bits per heavy atom. The molecule has 0 aliphatic heterocycles. The topological polar surface area (TPSA) is 55.1 Å². The van der Waals surface area contributed by atoms with Gasteiger partial charge in [0.05, 0.1) is 6.04 Å². The van der Waals surface area contributed by atoms with Crippen molar-refractivity contribution in [1.82, 2.24) is 5.32 Å². The Labute approximate surface area is 91.8 Å². The summed E-state index contributed by atoms with van der Waals surface area (Å²) in [6.07, 6.45) is 10.4. The van der Waals surface area contributed by atoms with Gasteiger partial charge in [0.25, 0.3) is 0 Å². The van der Waals surface area contributed by atoms with Gasteiger partial charge in [0.15, 0.2) is 0 Å². The first-order valence-electron chi connectivity index (χ1n) is 5.64. The predicted molar refractivity (Wildman–Crippen MR) is 61.0 cm³/mol. The van der Waals surface area contributed by atoms with Crippen LogP contribution in [-0.2, 0) is 4.79 Å². The van der Waals surface area contributed by atoms with Gasteiger partial charge in [0.2, 0.25) is 5.91 Å². The highest BCUT2D eigenvalue weighted by molar-refractivity contribution is 5.82. The van der Waals surface area contributed by atoms with Gasteiger partial charge in [0, 0.05) is 12.5 Å². The minimum Gasteiger partial charge on any atom is -0.352 e. The Hall–Kier alpha value is -1.01. The van der Waals surface area contributed by atoms with Crippen LogP contribution >= 0.6 is 0 Å². The van der Waals surface area contributed by atoms with Crippen molar-refractivity contribution >= 4 is 5.91 Å². The Kier molecular flexibility index (Phi) is 4.64. The van der Waals surface area contributed by atoms with Crippen molar-refractivity contribution in [3.8, 4) is 12.3 Å². The van der Waals surface area contributed by atoms with Gasteiger partial charge in [-0.25, -0.2) is 0 Å². The number of amides is 1. The van der Waals surface area contributed by atoms with Gasteiger partial charge in [-0.3, -0.25) is 4.79 Å². The van der Waals surface area contributed by atoms with Gasteiger partial charge in [0.1, 0.15) is 0 Å². The van der Waals surface area contributed by atoms with E-state index >= 15 is 0 Å². The monoisotopic (exact) mass is 208 g/mol. The number of hydrogen-bond donors (Lipinski definition) is 2. The van der Waals surface area contributed by atoms with Gasteiger partial charge in [-0.2, -0.15) is 0 Å². The van der Waals surface area contributed by atoms with E-state index in [-0.39, 0.29) is 11.9 Å². The first-order valence-corrected chi connectivity index (χ1v) is 5.64. The lowest BCUT2D eigenvalue weighted by Gasteiger charge is -2.21. The third kappa shape index (κ3) is 3.56. The van der Waals surface area contributed by atoms with Crippen LogP contribution in [0.15, 0.2) is 0 Å². The van der Waals surface area contributed by atoms with Crippen LogP contribution in [0.1, 0.15) is 39.0 Å². The lowest BCUT2D eigenvalue weighted by Crippen LogP contribution is -2.46. The lowest BCUT2D eigenvalue weighted by molar-refractivity contribution is -0.123. The molecule has 1 fully saturated rings. The summed E-state index contributed by atoms with van der Waals surface area (Å²) >= 11 is 0. The van der Waals surface area contributed by atoms with Crippen molar-refractivity contribution in [2.75, 3.05) is 0 Å². The fourth-order valence-corrected chi connectivity index (χ4v) is 2.13. The molecule has 0 bridgehead atoms. The summed E-state index contributed by atoms with van der Waals surface area (Å²) in [5, 5.41) is 2.95. The van der Waals surface area contributed by atoms with E-state index in [0.717, 1.165) is 0 Å². The summed E-state index contributed by atoms with van der Waals surface area (Å²) in [7, 11) is 0. The molecule has 1 amide bonds. The second-order valence-corrected chi connectivity index (χ2v) is 4.36. The molecule has 84 valence electrons. The molecular weight excluding hydrogens is 188 g/mol. The number of carbonyl (C=O) groups is 1. The fraction of sp³-hybridized carbons (Fsp3) is 0.750. The number of hydrogen-bond acceptors (Lipinski definition) is 2. The van der Waals surface area contributed by atoms with Crippen molar-refractivity contribution in [2.24, 2.45) is 11.7 Å². The number of rotatable bonds is 4. The van der Waals surface area contributed by atoms with Gasteiger partial charge in [-0.15, -0.1) is 12.3 Å². The fourth-order valence-electron chi connectivity index (χ4n) is 2.13. The van der Waals surface area contributed by atoms with Crippen molar-refractivity contribution in [2.45, 2.75) is 51.1 Å². The summed E-state index contributed by atoms with van der Waals surface area (Å²) in [5.41, 5.74) is 5.62. The summed E-state index contributed by atoms with van der Waals surface area (Å²) in [6.45, 7) is 2.05. The molecule has 0 radical (unpaired) electrons. The lowest BCUT2D eigenvalue weighted by atomic mass is 9.99. The SMILES string of the molecule is C#CCC(N)C(=O)N[C@@H](C)C1CCCC1. The predicted octanol–water partition coefficient (Wildman–Crippen LogP) is 1.03. The van der Waals surface area contributed by atoms with Crippen LogP contribution in [0.2, 0.25) is 0 Å². The average molecular weight is 208 g/mol. The van der Waals surface area contributed by atoms with E-state index in [1.54, 1.807) is 0 Å². The normalized spacial score (nSPS) is 20.6. The molecule has 0 aromatic rings. The van der Waals surface area contributed by atoms with Crippen LogP contribution in [-0.4, -0.2) is 18.0 Å². The minimum atomic E-state index is -0.557. The molecule has 1 rings (SSSR count). The minimum absolute atomic E-state index is 0.118. The number of nitrogens with two attached hydrogens (primary N) is 1. The zero-order chi connectivity index (χ0) is 11.3. The molecule has 1 unspecified atom stereocenters. The van der Waals surface area contributed by atoms with Crippen molar-refractivity contribution in [3.05, 3.63) is 0 Å². The maximum atomic E-state index is 11.6. The third-order valence-electron chi connectivity index (χ3n) is 3.15. The van der Waals surface area contributed by atoms with E-state index in [1.807, 2.05) is 0 Å². The maximum absolute atomic E-state index is 11.6. The van der Waals surface area contributed by atoms with E-state index in [1.165, 1.54) is 25.7 Å². The second kappa shape index (κ2) is 5.77. The molecule has 0 spiro atoms. The van der Waals surface area contributed by atoms with Crippen molar-refractivity contribution < 1.29 is 4.79 Å². The molecule has 0 aromatic heterocycles. The van der Waals surface area contributed by atoms with Gasteiger partial charge >= 0.3 is 0 Å². The summed E-state index contributed by atoms with van der Waals surface area (Å²) in [4.78, 5) is 11.6. The molecule has 1 aliphatic rings. The molecule has 2 atom stereocenters. The summed E-state index contributed by atoms with van der Waals surface area (Å²) < 4.78 is 0. The molecule has 1 aliphatic carbocycles. The van der Waals surface area contributed by atoms with Crippen LogP contribution in [0.4, 0.5) is 0 Å². The van der Waals surface area contributed by atoms with E-state index in [9.17, 15) is 4.79 Å². The van der Waals surface area contributed by atoms with Crippen LogP contribution < -0.4 is 11.1 Å². The molecule has 0 heterocycles. The smallest absolute Gasteiger partial charge is 0.238 e. The maximum Gasteiger partial charge on any atom is 0.238 e. The summed E-state index contributed by atoms with van der Waals surface area (Å²) in [5.74, 6) is 2.90. The standard InChI is InChI=1S/C12H20N2O/c1-3-6-11(13)12(15)14-9(2)10-7-4-5-8-10/h1,9-11H,4-8,13H2,2H3,(H,14,15)/t9-,11?/m0/s1. The van der Waals surface area contributed by atoms with Gasteiger partial charge in [-0.1, -0.05) is 12.8 Å². The first-order chi connectivity index (χ1) is 7.15. The van der Waals surface area contributed by atoms with Crippen LogP contribution in [0.3, 0.4) is 0 Å². The first kappa shape index (κ1) is 12.1. The quantitative estimate of drug-likeness (QED) is 0.678. The summed E-state index contributed by atoms with van der Waals surface area (Å²) in [6, 6.07) is -0.331. The van der Waals surface area contributed by atoms with Crippen molar-refractivity contribution in [1.29, 1.82) is 0 Å². The molecule has 0 aromatic carbocycles. The Balaban J connectivity index is 2.33. The van der Waals surface area contributed by atoms with Crippen molar-refractivity contribution in [3.63, 3.8) is 0 Å². The Morgan fingerprint density at radius 3 is 2.73 bits per heavy atom. The molecule has 15 heavy (non-hydrogen) atoms. The number of terminal acetylenes is 1. The number of nitrogens with one attached hydrogen (secondary N) is 1. The zero-order valence-electron chi connectivity index (χ0n) is 9.33.